The molecule has 1 heterocycles. The van der Waals surface area contributed by atoms with Gasteiger partial charge in [-0.05, 0) is 17.7 Å². The fraction of sp³-hybridized carbons (Fsp3) is 0.111. The number of hydrogen-bond acceptors (Lipinski definition) is 2. The van der Waals surface area contributed by atoms with Crippen LogP contribution in [0.3, 0.4) is 0 Å². The minimum absolute atomic E-state index is 0.251. The van der Waals surface area contributed by atoms with E-state index >= 15 is 0 Å². The third-order valence-corrected chi connectivity index (χ3v) is 3.09. The molecular formula is C9H6BrFIN3. The highest BCUT2D eigenvalue weighted by Crippen LogP contribution is 2.18. The molecule has 2 rings (SSSR count). The molecule has 0 fully saturated rings. The van der Waals surface area contributed by atoms with Crippen LogP contribution in [0.1, 0.15) is 5.56 Å². The minimum Gasteiger partial charge on any atom is -0.247 e. The van der Waals surface area contributed by atoms with Crippen LogP contribution in [0.15, 0.2) is 29.0 Å². The Morgan fingerprint density at radius 2 is 2.27 bits per heavy atom. The number of nitrogens with zero attached hydrogens (tertiary/aromatic N) is 3. The quantitative estimate of drug-likeness (QED) is 0.749. The van der Waals surface area contributed by atoms with Gasteiger partial charge in [-0.1, -0.05) is 22.0 Å². The average molecular weight is 382 g/mol. The van der Waals surface area contributed by atoms with Crippen molar-refractivity contribution in [3.05, 3.63) is 44.2 Å². The van der Waals surface area contributed by atoms with Gasteiger partial charge in [0.2, 0.25) is 3.83 Å². The molecule has 0 N–H and O–H groups in total. The Balaban J connectivity index is 2.24. The second-order valence-corrected chi connectivity index (χ2v) is 4.77. The van der Waals surface area contributed by atoms with Crippen molar-refractivity contribution in [2.45, 2.75) is 6.54 Å². The van der Waals surface area contributed by atoms with Gasteiger partial charge in [0.15, 0.2) is 0 Å². The number of aromatic nitrogens is 3. The lowest BCUT2D eigenvalue weighted by Gasteiger charge is -2.03. The molecule has 0 spiro atoms. The first-order chi connectivity index (χ1) is 7.15. The Morgan fingerprint density at radius 3 is 2.87 bits per heavy atom. The zero-order valence-corrected chi connectivity index (χ0v) is 11.2. The number of halogens is 3. The van der Waals surface area contributed by atoms with Gasteiger partial charge in [0.25, 0.3) is 0 Å². The molecule has 0 atom stereocenters. The molecule has 6 heteroatoms. The second kappa shape index (κ2) is 4.56. The summed E-state index contributed by atoms with van der Waals surface area (Å²) < 4.78 is 16.0. The Morgan fingerprint density at radius 1 is 1.47 bits per heavy atom. The third-order valence-electron chi connectivity index (χ3n) is 1.86. The SMILES string of the molecule is Fc1ccc(Cn2cnc(I)n2)c(Br)c1. The van der Waals surface area contributed by atoms with Crippen molar-refractivity contribution >= 4 is 38.5 Å². The third kappa shape index (κ3) is 2.75. The van der Waals surface area contributed by atoms with Crippen LogP contribution >= 0.6 is 38.5 Å². The van der Waals surface area contributed by atoms with E-state index in [4.69, 9.17) is 0 Å². The van der Waals surface area contributed by atoms with Crippen molar-refractivity contribution < 1.29 is 4.39 Å². The van der Waals surface area contributed by atoms with E-state index in [2.05, 4.69) is 26.0 Å². The summed E-state index contributed by atoms with van der Waals surface area (Å²) in [4.78, 5) is 4.01. The molecule has 78 valence electrons. The van der Waals surface area contributed by atoms with E-state index in [1.165, 1.54) is 12.1 Å². The summed E-state index contributed by atoms with van der Waals surface area (Å²) in [6.07, 6.45) is 1.65. The zero-order valence-electron chi connectivity index (χ0n) is 7.49. The fourth-order valence-corrected chi connectivity index (χ4v) is 2.05. The van der Waals surface area contributed by atoms with Crippen molar-refractivity contribution in [1.82, 2.24) is 14.8 Å². The van der Waals surface area contributed by atoms with E-state index in [1.807, 2.05) is 22.6 Å². The van der Waals surface area contributed by atoms with E-state index in [1.54, 1.807) is 17.1 Å². The normalized spacial score (nSPS) is 10.6. The molecule has 0 unspecified atom stereocenters. The van der Waals surface area contributed by atoms with Crippen LogP contribution in [0.4, 0.5) is 4.39 Å². The van der Waals surface area contributed by atoms with Gasteiger partial charge in [-0.3, -0.25) is 0 Å². The Bertz CT molecular complexity index is 486. The van der Waals surface area contributed by atoms with Gasteiger partial charge >= 0.3 is 0 Å². The van der Waals surface area contributed by atoms with Gasteiger partial charge < -0.3 is 0 Å². The molecule has 0 radical (unpaired) electrons. The molecular weight excluding hydrogens is 376 g/mol. The molecule has 15 heavy (non-hydrogen) atoms. The maximum atomic E-state index is 12.8. The van der Waals surface area contributed by atoms with Crippen LogP contribution in [0.5, 0.6) is 0 Å². The van der Waals surface area contributed by atoms with Crippen molar-refractivity contribution in [2.24, 2.45) is 0 Å². The zero-order chi connectivity index (χ0) is 10.8. The fourth-order valence-electron chi connectivity index (χ4n) is 1.17. The molecule has 0 aliphatic rings. The number of rotatable bonds is 2. The molecule has 0 amide bonds. The van der Waals surface area contributed by atoms with Gasteiger partial charge in [0.05, 0.1) is 6.54 Å². The first-order valence-corrected chi connectivity index (χ1v) is 6.01. The van der Waals surface area contributed by atoms with E-state index < -0.39 is 0 Å². The van der Waals surface area contributed by atoms with Gasteiger partial charge in [0, 0.05) is 27.1 Å². The van der Waals surface area contributed by atoms with Crippen LogP contribution in [-0.2, 0) is 6.54 Å². The molecule has 2 aromatic rings. The second-order valence-electron chi connectivity index (χ2n) is 2.95. The summed E-state index contributed by atoms with van der Waals surface area (Å²) in [5, 5.41) is 4.15. The van der Waals surface area contributed by atoms with Crippen molar-refractivity contribution in [1.29, 1.82) is 0 Å². The predicted molar refractivity (Wildman–Crippen MR) is 65.9 cm³/mol. The summed E-state index contributed by atoms with van der Waals surface area (Å²) in [6.45, 7) is 0.580. The van der Waals surface area contributed by atoms with Crippen LogP contribution in [0, 0.1) is 9.65 Å². The first kappa shape index (κ1) is 11.0. The smallest absolute Gasteiger partial charge is 0.211 e. The summed E-state index contributed by atoms with van der Waals surface area (Å²) >= 11 is 5.35. The van der Waals surface area contributed by atoms with Crippen molar-refractivity contribution in [3.8, 4) is 0 Å². The van der Waals surface area contributed by atoms with E-state index in [0.717, 1.165) is 10.0 Å². The minimum atomic E-state index is -0.251. The predicted octanol–water partition coefficient (Wildman–Crippen LogP) is 2.83. The van der Waals surface area contributed by atoms with Crippen LogP contribution in [0.25, 0.3) is 0 Å². The molecule has 0 saturated carbocycles. The van der Waals surface area contributed by atoms with Crippen LogP contribution in [0.2, 0.25) is 0 Å². The van der Waals surface area contributed by atoms with E-state index in [-0.39, 0.29) is 5.82 Å². The Kier molecular flexibility index (Phi) is 3.35. The van der Waals surface area contributed by atoms with Gasteiger partial charge in [0.1, 0.15) is 12.1 Å². The van der Waals surface area contributed by atoms with Crippen LogP contribution < -0.4 is 0 Å². The monoisotopic (exact) mass is 381 g/mol. The molecule has 0 bridgehead atoms. The summed E-state index contributed by atoms with van der Waals surface area (Å²) in [5.74, 6) is -0.251. The maximum absolute atomic E-state index is 12.8. The summed E-state index contributed by atoms with van der Waals surface area (Å²) in [6, 6.07) is 4.60. The highest BCUT2D eigenvalue weighted by Gasteiger charge is 2.03. The van der Waals surface area contributed by atoms with Crippen molar-refractivity contribution in [2.75, 3.05) is 0 Å². The Hall–Kier alpha value is -0.500. The van der Waals surface area contributed by atoms with Crippen molar-refractivity contribution in [3.63, 3.8) is 0 Å². The van der Waals surface area contributed by atoms with Crippen LogP contribution in [-0.4, -0.2) is 14.8 Å². The van der Waals surface area contributed by atoms with E-state index in [0.29, 0.717) is 10.4 Å². The molecule has 1 aromatic heterocycles. The summed E-state index contributed by atoms with van der Waals surface area (Å²) in [5.41, 5.74) is 0.970. The average Bonchev–Trinajstić information content (AvgIpc) is 2.56. The molecule has 3 nitrogen and oxygen atoms in total. The lowest BCUT2D eigenvalue weighted by atomic mass is 10.2. The van der Waals surface area contributed by atoms with Gasteiger partial charge in [-0.25, -0.2) is 14.1 Å². The molecule has 0 aliphatic heterocycles. The largest absolute Gasteiger partial charge is 0.247 e. The topological polar surface area (TPSA) is 30.7 Å². The highest BCUT2D eigenvalue weighted by molar-refractivity contribution is 14.1. The standard InChI is InChI=1S/C9H6BrFIN3/c10-8-3-7(11)2-1-6(8)4-15-5-13-9(12)14-15/h1-3,5H,4H2. The molecule has 0 saturated heterocycles. The summed E-state index contributed by atoms with van der Waals surface area (Å²) in [7, 11) is 0. The number of benzene rings is 1. The first-order valence-electron chi connectivity index (χ1n) is 4.14. The Labute approximate surface area is 108 Å². The van der Waals surface area contributed by atoms with Gasteiger partial charge in [-0.2, -0.15) is 0 Å². The number of hydrogen-bond donors (Lipinski definition) is 0. The maximum Gasteiger partial charge on any atom is 0.211 e. The lowest BCUT2D eigenvalue weighted by Crippen LogP contribution is -2.01. The van der Waals surface area contributed by atoms with E-state index in [9.17, 15) is 4.39 Å². The lowest BCUT2D eigenvalue weighted by molar-refractivity contribution is 0.622. The molecule has 1 aromatic carbocycles. The highest BCUT2D eigenvalue weighted by atomic mass is 127. The van der Waals surface area contributed by atoms with Gasteiger partial charge in [-0.15, -0.1) is 5.10 Å². The molecule has 0 aliphatic carbocycles.